The summed E-state index contributed by atoms with van der Waals surface area (Å²) in [6.45, 7) is 0. The van der Waals surface area contributed by atoms with Gasteiger partial charge < -0.3 is 17.1 Å². The lowest BCUT2D eigenvalue weighted by Crippen LogP contribution is -2.08. The van der Waals surface area contributed by atoms with Crippen molar-refractivity contribution in [2.45, 2.75) is 6.18 Å². The van der Waals surface area contributed by atoms with Gasteiger partial charge in [-0.05, 0) is 12.1 Å². The number of rotatable bonds is 1. The average Bonchev–Trinajstić information content (AvgIpc) is 2.80. The molecule has 1 aromatic rings. The molecule has 0 amide bonds. The second kappa shape index (κ2) is 3.16. The second-order valence-electron chi connectivity index (χ2n) is 3.03. The molecular weight excluding hydrogens is 230 g/mol. The van der Waals surface area contributed by atoms with Gasteiger partial charge in [0.05, 0.1) is 5.56 Å². The van der Waals surface area contributed by atoms with Gasteiger partial charge in [-0.25, -0.2) is 4.39 Å². The molecule has 15 heavy (non-hydrogen) atoms. The van der Waals surface area contributed by atoms with Crippen molar-refractivity contribution in [2.24, 2.45) is 0 Å². The molecule has 0 fully saturated rings. The molecule has 1 nitrogen and oxygen atoms in total. The Kier molecular flexibility index (Phi) is 2.18. The summed E-state index contributed by atoms with van der Waals surface area (Å²) in [7, 11) is 0. The highest BCUT2D eigenvalue weighted by atomic mass is 32.1. The van der Waals surface area contributed by atoms with Gasteiger partial charge >= 0.3 is 6.18 Å². The minimum Gasteiger partial charge on any atom is -0.661 e. The van der Waals surface area contributed by atoms with Gasteiger partial charge in [-0.3, -0.25) is 0 Å². The fourth-order valence-corrected chi connectivity index (χ4v) is 1.39. The van der Waals surface area contributed by atoms with E-state index >= 15 is 0 Å². The number of nitrogens with zero attached hydrogens (tertiary/aromatic N) is 1. The van der Waals surface area contributed by atoms with Gasteiger partial charge in [-0.15, -0.1) is 0 Å². The van der Waals surface area contributed by atoms with Crippen LogP contribution in [-0.2, 0) is 19.0 Å². The molecule has 1 aromatic carbocycles. The first-order chi connectivity index (χ1) is 6.89. The Balaban J connectivity index is 2.36. The summed E-state index contributed by atoms with van der Waals surface area (Å²) in [5, 5.41) is 0. The molecule has 0 bridgehead atoms. The summed E-state index contributed by atoms with van der Waals surface area (Å²) < 4.78 is 50.9. The summed E-state index contributed by atoms with van der Waals surface area (Å²) in [6.07, 6.45) is -3.13. The van der Waals surface area contributed by atoms with Crippen LogP contribution in [0.4, 0.5) is 17.6 Å². The van der Waals surface area contributed by atoms with E-state index in [1.165, 1.54) is 16.6 Å². The van der Waals surface area contributed by atoms with Crippen molar-refractivity contribution >= 4 is 18.5 Å². The Morgan fingerprint density at radius 3 is 2.20 bits per heavy atom. The van der Waals surface area contributed by atoms with Crippen LogP contribution in [0.25, 0.3) is 5.70 Å². The van der Waals surface area contributed by atoms with E-state index in [9.17, 15) is 17.6 Å². The van der Waals surface area contributed by atoms with E-state index in [1.54, 1.807) is 0 Å². The second-order valence-corrected chi connectivity index (χ2v) is 3.43. The van der Waals surface area contributed by atoms with E-state index in [0.717, 1.165) is 6.07 Å². The van der Waals surface area contributed by atoms with E-state index in [0.29, 0.717) is 17.3 Å². The smallest absolute Gasteiger partial charge is 0.419 e. The molecule has 0 N–H and O–H groups in total. The Labute approximate surface area is 88.5 Å². The molecule has 0 unspecified atom stereocenters. The first-order valence-corrected chi connectivity index (χ1v) is 4.31. The first-order valence-electron chi connectivity index (χ1n) is 3.95. The molecule has 0 aromatic heterocycles. The lowest BCUT2D eigenvalue weighted by atomic mass is 10.1. The number of hydrogen-bond donors (Lipinski definition) is 0. The van der Waals surface area contributed by atoms with E-state index in [4.69, 9.17) is 0 Å². The molecule has 2 rings (SSSR count). The maximum atomic E-state index is 13.1. The van der Waals surface area contributed by atoms with Gasteiger partial charge in [0.1, 0.15) is 5.82 Å². The number of hydrogen-bond acceptors (Lipinski definition) is 2. The summed E-state index contributed by atoms with van der Waals surface area (Å²) in [4.78, 5) is 0. The minimum atomic E-state index is -4.66. The van der Waals surface area contributed by atoms with Crippen LogP contribution in [0, 0.1) is 5.82 Å². The topological polar surface area (TPSA) is 3.01 Å². The van der Waals surface area contributed by atoms with Gasteiger partial charge in [0.25, 0.3) is 0 Å². The van der Waals surface area contributed by atoms with Crippen LogP contribution in [0.2, 0.25) is 0 Å². The number of halogens is 4. The van der Waals surface area contributed by atoms with Crippen LogP contribution >= 0.6 is 0 Å². The van der Waals surface area contributed by atoms with Crippen LogP contribution in [0.3, 0.4) is 0 Å². The maximum absolute atomic E-state index is 13.1. The zero-order valence-corrected chi connectivity index (χ0v) is 7.99. The van der Waals surface area contributed by atoms with Crippen molar-refractivity contribution in [3.8, 4) is 0 Å². The third-order valence-corrected chi connectivity index (χ3v) is 2.28. The van der Waals surface area contributed by atoms with Crippen LogP contribution in [0.15, 0.2) is 24.4 Å². The molecule has 0 aliphatic carbocycles. The molecule has 0 saturated carbocycles. The van der Waals surface area contributed by atoms with Gasteiger partial charge in [0.15, 0.2) is 0 Å². The predicted molar refractivity (Wildman–Crippen MR) is 48.6 cm³/mol. The van der Waals surface area contributed by atoms with E-state index < -0.39 is 17.6 Å². The van der Waals surface area contributed by atoms with Crippen LogP contribution in [0.1, 0.15) is 11.1 Å². The van der Waals surface area contributed by atoms with Crippen LogP contribution < -0.4 is 0 Å². The maximum Gasteiger partial charge on any atom is 0.419 e. The molecule has 0 atom stereocenters. The van der Waals surface area contributed by atoms with Crippen molar-refractivity contribution in [1.29, 1.82) is 0 Å². The fraction of sp³-hybridized carbons (Fsp3) is 0.111. The Morgan fingerprint density at radius 1 is 1.20 bits per heavy atom. The molecule has 0 spiro atoms. The van der Waals surface area contributed by atoms with E-state index in [2.05, 4.69) is 12.8 Å². The number of benzene rings is 1. The monoisotopic (exact) mass is 234 g/mol. The Hall–Kier alpha value is -1.17. The standard InChI is InChI=1S/C9H4F4NS/c10-7-3-5(8-4-14(8)15)1-2-6(7)9(11,12)13/h1-4H/q-1. The largest absolute Gasteiger partial charge is 0.661 e. The normalized spacial score (nSPS) is 15.3. The van der Waals surface area contributed by atoms with Crippen LogP contribution in [-0.4, -0.2) is 4.31 Å². The van der Waals surface area contributed by atoms with E-state index in [1.807, 2.05) is 0 Å². The minimum absolute atomic E-state index is 0.357. The third-order valence-electron chi connectivity index (χ3n) is 1.98. The third kappa shape index (κ3) is 1.94. The van der Waals surface area contributed by atoms with Crippen molar-refractivity contribution in [2.75, 3.05) is 0 Å². The van der Waals surface area contributed by atoms with Crippen molar-refractivity contribution in [1.82, 2.24) is 4.31 Å². The zero-order chi connectivity index (χ0) is 11.2. The van der Waals surface area contributed by atoms with E-state index in [-0.39, 0.29) is 0 Å². The van der Waals surface area contributed by atoms with Gasteiger partial charge in [-0.1, -0.05) is 6.07 Å². The molecule has 0 radical (unpaired) electrons. The van der Waals surface area contributed by atoms with Crippen molar-refractivity contribution < 1.29 is 17.6 Å². The predicted octanol–water partition coefficient (Wildman–Crippen LogP) is 2.92. The summed E-state index contributed by atoms with van der Waals surface area (Å²) >= 11 is 4.68. The SMILES string of the molecule is Fc1cc(C2=CN2[S-])ccc1C(F)(F)F. The molecule has 1 aliphatic rings. The lowest BCUT2D eigenvalue weighted by Gasteiger charge is -2.11. The number of alkyl halides is 3. The molecule has 6 heteroatoms. The molecule has 0 saturated heterocycles. The highest BCUT2D eigenvalue weighted by Gasteiger charge is 2.34. The highest BCUT2D eigenvalue weighted by molar-refractivity contribution is 7.57. The Morgan fingerprint density at radius 2 is 1.80 bits per heavy atom. The highest BCUT2D eigenvalue weighted by Crippen LogP contribution is 2.35. The van der Waals surface area contributed by atoms with Gasteiger partial charge in [0.2, 0.25) is 0 Å². The Bertz CT molecular complexity index is 438. The van der Waals surface area contributed by atoms with Crippen molar-refractivity contribution in [3.05, 3.63) is 41.3 Å². The lowest BCUT2D eigenvalue weighted by molar-refractivity contribution is -0.140. The quantitative estimate of drug-likeness (QED) is 0.542. The van der Waals surface area contributed by atoms with Gasteiger partial charge in [-0.2, -0.15) is 13.2 Å². The summed E-state index contributed by atoms with van der Waals surface area (Å²) in [5.74, 6) is -1.28. The summed E-state index contributed by atoms with van der Waals surface area (Å²) in [5.41, 5.74) is -0.350. The summed E-state index contributed by atoms with van der Waals surface area (Å²) in [6, 6.07) is 2.75. The zero-order valence-electron chi connectivity index (χ0n) is 7.18. The molecule has 80 valence electrons. The average molecular weight is 234 g/mol. The first kappa shape index (κ1) is 10.4. The van der Waals surface area contributed by atoms with Crippen LogP contribution in [0.5, 0.6) is 0 Å². The molecule has 1 heterocycles. The van der Waals surface area contributed by atoms with Gasteiger partial charge in [0, 0.05) is 17.5 Å². The molecular formula is C9H4F4NS-. The fourth-order valence-electron chi connectivity index (χ4n) is 1.19. The van der Waals surface area contributed by atoms with Crippen molar-refractivity contribution in [3.63, 3.8) is 0 Å². The molecule has 1 aliphatic heterocycles.